The topological polar surface area (TPSA) is 59.6 Å². The third-order valence-electron chi connectivity index (χ3n) is 5.15. The fraction of sp³-hybridized carbons (Fsp3) is 0.480. The molecule has 1 aliphatic carbocycles. The molecular weight excluding hydrogens is 376 g/mol. The zero-order chi connectivity index (χ0) is 21.2. The predicted octanol–water partition coefficient (Wildman–Crippen LogP) is 4.44. The van der Waals surface area contributed by atoms with E-state index in [2.05, 4.69) is 24.5 Å². The summed E-state index contributed by atoms with van der Waals surface area (Å²) in [6.45, 7) is 9.60. The van der Waals surface area contributed by atoms with Gasteiger partial charge < -0.3 is 20.1 Å². The fourth-order valence-corrected chi connectivity index (χ4v) is 3.59. The third-order valence-corrected chi connectivity index (χ3v) is 5.15. The van der Waals surface area contributed by atoms with Crippen LogP contribution in [0.1, 0.15) is 55.5 Å². The summed E-state index contributed by atoms with van der Waals surface area (Å²) in [4.78, 5) is 12.8. The molecule has 162 valence electrons. The number of rotatable bonds is 14. The van der Waals surface area contributed by atoms with Gasteiger partial charge in [-0.25, -0.2) is 0 Å². The van der Waals surface area contributed by atoms with Crippen LogP contribution in [0.4, 0.5) is 0 Å². The number of nitrogens with one attached hydrogen (secondary N) is 2. The van der Waals surface area contributed by atoms with E-state index in [4.69, 9.17) is 9.47 Å². The largest absolute Gasteiger partial charge is 0.494 e. The molecule has 0 spiro atoms. The highest BCUT2D eigenvalue weighted by atomic mass is 16.5. The van der Waals surface area contributed by atoms with Crippen molar-refractivity contribution in [2.24, 2.45) is 0 Å². The molecule has 2 N–H and O–H groups in total. The van der Waals surface area contributed by atoms with Crippen LogP contribution in [-0.2, 0) is 0 Å². The summed E-state index contributed by atoms with van der Waals surface area (Å²) < 4.78 is 11.7. The Balaban J connectivity index is 1.57. The number of hydrogen-bond donors (Lipinski definition) is 2. The summed E-state index contributed by atoms with van der Waals surface area (Å²) in [5, 5.41) is 6.74. The minimum atomic E-state index is 0.0605. The summed E-state index contributed by atoms with van der Waals surface area (Å²) >= 11 is 0. The Morgan fingerprint density at radius 3 is 1.77 bits per heavy atom. The SMILES string of the molecule is CCCNCCCOc1ccc2c(c1)C(=O)c1ccc(OCCCNCCC)cc1-2. The van der Waals surface area contributed by atoms with Crippen LogP contribution >= 0.6 is 0 Å². The van der Waals surface area contributed by atoms with Gasteiger partial charge in [0.2, 0.25) is 0 Å². The number of benzene rings is 2. The standard InChI is InChI=1S/C25H34N2O3/c1-3-11-26-13-5-15-29-19-8-10-22-23(17-19)21-9-7-20(18-24(21)25(22)28)30-16-6-14-27-12-4-2/h7-10,17-18,26-27H,3-6,11-16H2,1-2H3. The van der Waals surface area contributed by atoms with E-state index in [-0.39, 0.29) is 5.78 Å². The smallest absolute Gasteiger partial charge is 0.194 e. The summed E-state index contributed by atoms with van der Waals surface area (Å²) in [6, 6.07) is 11.6. The highest BCUT2D eigenvalue weighted by Crippen LogP contribution is 2.40. The van der Waals surface area contributed by atoms with Gasteiger partial charge in [-0.2, -0.15) is 0 Å². The molecule has 2 aromatic rings. The first kappa shape index (κ1) is 22.3. The van der Waals surface area contributed by atoms with E-state index in [1.807, 2.05) is 36.4 Å². The van der Waals surface area contributed by atoms with E-state index in [0.29, 0.717) is 18.8 Å². The lowest BCUT2D eigenvalue weighted by Crippen LogP contribution is -2.18. The van der Waals surface area contributed by atoms with Crippen molar-refractivity contribution in [2.75, 3.05) is 39.4 Å². The van der Waals surface area contributed by atoms with Crippen molar-refractivity contribution in [1.29, 1.82) is 0 Å². The normalized spacial score (nSPS) is 12.0. The van der Waals surface area contributed by atoms with Gasteiger partial charge in [-0.3, -0.25) is 4.79 Å². The number of hydrogen-bond acceptors (Lipinski definition) is 5. The lowest BCUT2D eigenvalue weighted by molar-refractivity contribution is 0.104. The fourth-order valence-electron chi connectivity index (χ4n) is 3.59. The molecule has 0 radical (unpaired) electrons. The Hall–Kier alpha value is -2.37. The number of ketones is 1. The van der Waals surface area contributed by atoms with Crippen LogP contribution in [0.5, 0.6) is 11.5 Å². The molecule has 1 aliphatic rings. The maximum atomic E-state index is 12.8. The molecule has 0 fully saturated rings. The zero-order valence-electron chi connectivity index (χ0n) is 18.3. The van der Waals surface area contributed by atoms with Gasteiger partial charge >= 0.3 is 0 Å². The number of carbonyl (C=O) groups is 1. The first-order chi connectivity index (χ1) is 14.7. The number of fused-ring (bicyclic) bond motifs is 3. The van der Waals surface area contributed by atoms with E-state index in [0.717, 1.165) is 80.1 Å². The molecular formula is C25H34N2O3. The Kier molecular flexibility index (Phi) is 8.72. The molecule has 5 nitrogen and oxygen atoms in total. The summed E-state index contributed by atoms with van der Waals surface area (Å²) in [6.07, 6.45) is 4.18. The van der Waals surface area contributed by atoms with Gasteiger partial charge in [-0.1, -0.05) is 13.8 Å². The van der Waals surface area contributed by atoms with Crippen LogP contribution in [0.3, 0.4) is 0 Å². The molecule has 0 saturated heterocycles. The lowest BCUT2D eigenvalue weighted by atomic mass is 10.1. The van der Waals surface area contributed by atoms with Crippen molar-refractivity contribution in [1.82, 2.24) is 10.6 Å². The second-order valence-corrected chi connectivity index (χ2v) is 7.65. The Morgan fingerprint density at radius 2 is 1.20 bits per heavy atom. The predicted molar refractivity (Wildman–Crippen MR) is 122 cm³/mol. The highest BCUT2D eigenvalue weighted by Gasteiger charge is 2.27. The van der Waals surface area contributed by atoms with Gasteiger partial charge in [-0.15, -0.1) is 0 Å². The first-order valence-corrected chi connectivity index (χ1v) is 11.2. The average Bonchev–Trinajstić information content (AvgIpc) is 3.04. The first-order valence-electron chi connectivity index (χ1n) is 11.2. The van der Waals surface area contributed by atoms with Crippen molar-refractivity contribution in [3.8, 4) is 22.6 Å². The maximum absolute atomic E-state index is 12.8. The summed E-state index contributed by atoms with van der Waals surface area (Å²) in [7, 11) is 0. The van der Waals surface area contributed by atoms with Gasteiger partial charge in [0, 0.05) is 11.1 Å². The van der Waals surface area contributed by atoms with Gasteiger partial charge in [-0.05, 0) is 99.4 Å². The minimum Gasteiger partial charge on any atom is -0.494 e. The van der Waals surface area contributed by atoms with E-state index >= 15 is 0 Å². The maximum Gasteiger partial charge on any atom is 0.194 e. The second kappa shape index (κ2) is 11.7. The Morgan fingerprint density at radius 1 is 0.667 bits per heavy atom. The minimum absolute atomic E-state index is 0.0605. The van der Waals surface area contributed by atoms with Gasteiger partial charge in [0.15, 0.2) is 5.78 Å². The molecule has 0 aromatic heterocycles. The van der Waals surface area contributed by atoms with E-state index < -0.39 is 0 Å². The highest BCUT2D eigenvalue weighted by molar-refractivity contribution is 6.22. The van der Waals surface area contributed by atoms with Crippen molar-refractivity contribution >= 4 is 5.78 Å². The van der Waals surface area contributed by atoms with Crippen molar-refractivity contribution in [2.45, 2.75) is 39.5 Å². The van der Waals surface area contributed by atoms with Crippen molar-refractivity contribution in [3.05, 3.63) is 47.5 Å². The molecule has 30 heavy (non-hydrogen) atoms. The van der Waals surface area contributed by atoms with E-state index in [1.54, 1.807) is 0 Å². The molecule has 2 aromatic carbocycles. The third kappa shape index (κ3) is 5.83. The molecule has 0 saturated carbocycles. The molecule has 0 aliphatic heterocycles. The van der Waals surface area contributed by atoms with Crippen LogP contribution < -0.4 is 20.1 Å². The van der Waals surface area contributed by atoms with Gasteiger partial charge in [0.25, 0.3) is 0 Å². The summed E-state index contributed by atoms with van der Waals surface area (Å²) in [5.41, 5.74) is 3.37. The zero-order valence-corrected chi connectivity index (χ0v) is 18.3. The number of ether oxygens (including phenoxy) is 2. The second-order valence-electron chi connectivity index (χ2n) is 7.65. The molecule has 0 unspecified atom stereocenters. The van der Waals surface area contributed by atoms with Crippen molar-refractivity contribution < 1.29 is 14.3 Å². The quantitative estimate of drug-likeness (QED) is 0.385. The van der Waals surface area contributed by atoms with E-state index in [9.17, 15) is 4.79 Å². The van der Waals surface area contributed by atoms with Gasteiger partial charge in [0.1, 0.15) is 11.5 Å². The molecule has 0 bridgehead atoms. The van der Waals surface area contributed by atoms with Crippen LogP contribution in [0.15, 0.2) is 36.4 Å². The molecule has 5 heteroatoms. The molecule has 3 rings (SSSR count). The Labute approximate surface area is 180 Å². The Bertz CT molecular complexity index is 835. The van der Waals surface area contributed by atoms with Crippen LogP contribution in [0, 0.1) is 0 Å². The average molecular weight is 411 g/mol. The molecule has 0 atom stereocenters. The van der Waals surface area contributed by atoms with Crippen LogP contribution in [0.25, 0.3) is 11.1 Å². The summed E-state index contributed by atoms with van der Waals surface area (Å²) in [5.74, 6) is 1.62. The lowest BCUT2D eigenvalue weighted by Gasteiger charge is -2.09. The van der Waals surface area contributed by atoms with Crippen LogP contribution in [0.2, 0.25) is 0 Å². The van der Waals surface area contributed by atoms with Crippen LogP contribution in [-0.4, -0.2) is 45.2 Å². The van der Waals surface area contributed by atoms with Crippen molar-refractivity contribution in [3.63, 3.8) is 0 Å². The molecule has 0 heterocycles. The number of carbonyl (C=O) groups excluding carboxylic acids is 1. The monoisotopic (exact) mass is 410 g/mol. The van der Waals surface area contributed by atoms with E-state index in [1.165, 1.54) is 0 Å². The molecule has 0 amide bonds. The van der Waals surface area contributed by atoms with Gasteiger partial charge in [0.05, 0.1) is 13.2 Å².